The minimum atomic E-state index is 0.119. The lowest BCUT2D eigenvalue weighted by atomic mass is 9.89. The average Bonchev–Trinajstić information content (AvgIpc) is 3.24. The Morgan fingerprint density at radius 1 is 0.625 bits per heavy atom. The van der Waals surface area contributed by atoms with Gasteiger partial charge in [-0.1, -0.05) is 60.7 Å². The van der Waals surface area contributed by atoms with Crippen molar-refractivity contribution in [2.24, 2.45) is 0 Å². The predicted octanol–water partition coefficient (Wildman–Crippen LogP) is 7.33. The summed E-state index contributed by atoms with van der Waals surface area (Å²) in [6.07, 6.45) is 0.119. The maximum atomic E-state index is 5.96. The number of hydrogen-bond donors (Lipinski definition) is 2. The first-order valence-corrected chi connectivity index (χ1v) is 10.9. The summed E-state index contributed by atoms with van der Waals surface area (Å²) in [6.45, 7) is 0. The zero-order valence-electron chi connectivity index (χ0n) is 17.4. The average molecular weight is 412 g/mol. The quantitative estimate of drug-likeness (QED) is 0.284. The van der Waals surface area contributed by atoms with Gasteiger partial charge in [-0.2, -0.15) is 0 Å². The molecule has 7 rings (SSSR count). The molecule has 3 heteroatoms. The maximum absolute atomic E-state index is 5.96. The van der Waals surface area contributed by atoms with Crippen molar-refractivity contribution in [3.05, 3.63) is 109 Å². The smallest absolute Gasteiger partial charge is 0.131 e. The lowest BCUT2D eigenvalue weighted by Gasteiger charge is -2.35. The number of para-hydroxylation sites is 2. The van der Waals surface area contributed by atoms with Crippen molar-refractivity contribution in [3.63, 3.8) is 0 Å². The van der Waals surface area contributed by atoms with Gasteiger partial charge in [0.05, 0.1) is 17.1 Å². The fourth-order valence-electron chi connectivity index (χ4n) is 5.21. The molecule has 2 heterocycles. The molecule has 152 valence electrons. The number of nitrogen functional groups attached to an aromatic ring is 1. The highest BCUT2D eigenvalue weighted by molar-refractivity contribution is 5.97. The highest BCUT2D eigenvalue weighted by Crippen LogP contribution is 2.54. The molecule has 2 aliphatic heterocycles. The first kappa shape index (κ1) is 17.4. The van der Waals surface area contributed by atoms with Gasteiger partial charge in [0.25, 0.3) is 0 Å². The molecule has 0 saturated heterocycles. The summed E-state index contributed by atoms with van der Waals surface area (Å²) in [5.41, 5.74) is 16.7. The number of nitrogens with zero attached hydrogens (tertiary/aromatic N) is 1. The number of fused-ring (bicyclic) bond motifs is 9. The van der Waals surface area contributed by atoms with Crippen LogP contribution in [0.4, 0.5) is 22.7 Å². The van der Waals surface area contributed by atoms with Crippen LogP contribution < -0.4 is 16.0 Å². The summed E-state index contributed by atoms with van der Waals surface area (Å²) in [4.78, 5) is 2.43. The molecule has 5 aromatic rings. The van der Waals surface area contributed by atoms with Gasteiger partial charge in [-0.3, -0.25) is 0 Å². The van der Waals surface area contributed by atoms with Crippen LogP contribution in [0.15, 0.2) is 103 Å². The summed E-state index contributed by atoms with van der Waals surface area (Å²) in [7, 11) is 0. The fraction of sp³-hybridized carbons (Fsp3) is 0.0345. The Kier molecular flexibility index (Phi) is 3.48. The third-order valence-electron chi connectivity index (χ3n) is 6.71. The molecular weight excluding hydrogens is 390 g/mol. The Labute approximate surface area is 186 Å². The van der Waals surface area contributed by atoms with Crippen molar-refractivity contribution in [3.8, 4) is 22.3 Å². The molecule has 0 spiro atoms. The van der Waals surface area contributed by atoms with Gasteiger partial charge in [0, 0.05) is 16.8 Å². The van der Waals surface area contributed by atoms with Gasteiger partial charge in [-0.25, -0.2) is 0 Å². The molecule has 0 fully saturated rings. The maximum Gasteiger partial charge on any atom is 0.131 e. The largest absolute Gasteiger partial charge is 0.399 e. The van der Waals surface area contributed by atoms with E-state index in [4.69, 9.17) is 5.73 Å². The monoisotopic (exact) mass is 411 g/mol. The molecule has 3 nitrogen and oxygen atoms in total. The molecule has 3 N–H and O–H groups in total. The minimum absolute atomic E-state index is 0.119. The van der Waals surface area contributed by atoms with E-state index >= 15 is 0 Å². The van der Waals surface area contributed by atoms with Crippen molar-refractivity contribution in [1.29, 1.82) is 0 Å². The summed E-state index contributed by atoms with van der Waals surface area (Å²) in [6, 6.07) is 36.8. The Morgan fingerprint density at radius 3 is 2.34 bits per heavy atom. The van der Waals surface area contributed by atoms with Crippen molar-refractivity contribution < 1.29 is 0 Å². The second-order valence-electron chi connectivity index (χ2n) is 8.57. The van der Waals surface area contributed by atoms with Crippen LogP contribution in [0.1, 0.15) is 11.7 Å². The van der Waals surface area contributed by atoms with Gasteiger partial charge in [-0.05, 0) is 69.9 Å². The van der Waals surface area contributed by atoms with E-state index < -0.39 is 0 Å². The molecule has 0 radical (unpaired) electrons. The number of nitrogens with two attached hydrogens (primary N) is 1. The van der Waals surface area contributed by atoms with E-state index in [1.807, 2.05) is 12.1 Å². The Bertz CT molecular complexity index is 1540. The summed E-state index contributed by atoms with van der Waals surface area (Å²) in [5.74, 6) is 0. The van der Waals surface area contributed by atoms with Gasteiger partial charge >= 0.3 is 0 Å². The predicted molar refractivity (Wildman–Crippen MR) is 134 cm³/mol. The molecule has 1 atom stereocenters. The van der Waals surface area contributed by atoms with Crippen LogP contribution >= 0.6 is 0 Å². The normalized spacial score (nSPS) is 15.5. The van der Waals surface area contributed by atoms with E-state index in [0.29, 0.717) is 0 Å². The van der Waals surface area contributed by atoms with E-state index in [1.165, 1.54) is 55.7 Å². The van der Waals surface area contributed by atoms with Gasteiger partial charge in [-0.15, -0.1) is 0 Å². The molecule has 2 aliphatic rings. The molecule has 0 aliphatic carbocycles. The van der Waals surface area contributed by atoms with Crippen LogP contribution in [0.5, 0.6) is 0 Å². The van der Waals surface area contributed by atoms with Gasteiger partial charge in [0.1, 0.15) is 6.17 Å². The number of anilines is 4. The molecular formula is C29H21N3. The number of benzene rings is 5. The third-order valence-corrected chi connectivity index (χ3v) is 6.71. The van der Waals surface area contributed by atoms with Gasteiger partial charge in [0.15, 0.2) is 0 Å². The van der Waals surface area contributed by atoms with Crippen molar-refractivity contribution in [2.45, 2.75) is 6.17 Å². The van der Waals surface area contributed by atoms with Crippen LogP contribution in [-0.4, -0.2) is 0 Å². The van der Waals surface area contributed by atoms with E-state index in [0.717, 1.165) is 5.69 Å². The number of hydrogen-bond acceptors (Lipinski definition) is 3. The van der Waals surface area contributed by atoms with Crippen LogP contribution in [0.25, 0.3) is 33.0 Å². The van der Waals surface area contributed by atoms with Crippen LogP contribution in [0, 0.1) is 0 Å². The summed E-state index contributed by atoms with van der Waals surface area (Å²) in [5, 5.41) is 6.09. The number of rotatable bonds is 1. The van der Waals surface area contributed by atoms with Crippen LogP contribution in [0.2, 0.25) is 0 Å². The van der Waals surface area contributed by atoms with Crippen molar-refractivity contribution in [1.82, 2.24) is 0 Å². The highest BCUT2D eigenvalue weighted by atomic mass is 15.3. The van der Waals surface area contributed by atoms with E-state index in [-0.39, 0.29) is 6.17 Å². The van der Waals surface area contributed by atoms with Crippen LogP contribution in [0.3, 0.4) is 0 Å². The molecule has 1 unspecified atom stereocenters. The van der Waals surface area contributed by atoms with E-state index in [9.17, 15) is 0 Å². The van der Waals surface area contributed by atoms with Crippen molar-refractivity contribution >= 4 is 33.5 Å². The zero-order chi connectivity index (χ0) is 21.2. The Hall–Kier alpha value is -4.24. The topological polar surface area (TPSA) is 41.3 Å². The van der Waals surface area contributed by atoms with E-state index in [2.05, 4.69) is 101 Å². The molecule has 0 aromatic heterocycles. The summed E-state index contributed by atoms with van der Waals surface area (Å²) >= 11 is 0. The second kappa shape index (κ2) is 6.38. The van der Waals surface area contributed by atoms with Crippen molar-refractivity contribution in [2.75, 3.05) is 16.0 Å². The third kappa shape index (κ3) is 2.42. The minimum Gasteiger partial charge on any atom is -0.399 e. The van der Waals surface area contributed by atoms with Crippen LogP contribution in [-0.2, 0) is 0 Å². The SMILES string of the molecule is Nc1ccc2cc(-c3ccc4c(c3)-c3ccccc3C3Nc5ccccc5N43)ccc2c1. The first-order chi connectivity index (χ1) is 15.8. The summed E-state index contributed by atoms with van der Waals surface area (Å²) < 4.78 is 0. The first-order valence-electron chi connectivity index (χ1n) is 10.9. The zero-order valence-corrected chi connectivity index (χ0v) is 17.4. The fourth-order valence-corrected chi connectivity index (χ4v) is 5.21. The lowest BCUT2D eigenvalue weighted by molar-refractivity contribution is 0.819. The Morgan fingerprint density at radius 2 is 1.38 bits per heavy atom. The molecule has 0 saturated carbocycles. The molecule has 32 heavy (non-hydrogen) atoms. The molecule has 5 aromatic carbocycles. The number of nitrogens with one attached hydrogen (secondary N) is 1. The van der Waals surface area contributed by atoms with Gasteiger partial charge in [0.2, 0.25) is 0 Å². The molecule has 0 bridgehead atoms. The Balaban J connectivity index is 1.43. The second-order valence-corrected chi connectivity index (χ2v) is 8.57. The van der Waals surface area contributed by atoms with E-state index in [1.54, 1.807) is 0 Å². The molecule has 0 amide bonds. The standard InChI is InChI=1S/C29H21N3/c30-22-13-11-19-15-18(9-10-20(19)16-22)21-12-14-27-25(17-21)23-5-1-2-6-24(23)29-31-26-7-3-4-8-28(26)32(27)29/h1-17,29,31H,30H2. The highest BCUT2D eigenvalue weighted by Gasteiger charge is 2.37. The lowest BCUT2D eigenvalue weighted by Crippen LogP contribution is -2.27. The van der Waals surface area contributed by atoms with Gasteiger partial charge < -0.3 is 16.0 Å².